The molecule has 8 heteroatoms. The highest BCUT2D eigenvalue weighted by Crippen LogP contribution is 2.43. The summed E-state index contributed by atoms with van der Waals surface area (Å²) in [6.07, 6.45) is -0.0466. The summed E-state index contributed by atoms with van der Waals surface area (Å²) in [5.41, 5.74) is 6.37. The van der Waals surface area contributed by atoms with Gasteiger partial charge in [-0.05, 0) is 13.8 Å². The van der Waals surface area contributed by atoms with Crippen LogP contribution in [0.5, 0.6) is 5.75 Å². The zero-order valence-electron chi connectivity index (χ0n) is 12.4. The van der Waals surface area contributed by atoms with Gasteiger partial charge in [-0.2, -0.15) is 4.98 Å². The van der Waals surface area contributed by atoms with E-state index < -0.39 is 0 Å². The Labute approximate surface area is 126 Å². The maximum absolute atomic E-state index is 11.6. The number of aryl methyl sites for hydroxylation is 1. The Hall–Kier alpha value is -2.09. The summed E-state index contributed by atoms with van der Waals surface area (Å²) < 4.78 is 10.6. The van der Waals surface area contributed by atoms with E-state index in [2.05, 4.69) is 15.5 Å². The van der Waals surface area contributed by atoms with Gasteiger partial charge in [-0.3, -0.25) is 4.79 Å². The second-order valence-electron chi connectivity index (χ2n) is 4.81. The van der Waals surface area contributed by atoms with Crippen molar-refractivity contribution in [1.29, 1.82) is 0 Å². The van der Waals surface area contributed by atoms with Crippen molar-refractivity contribution in [3.63, 3.8) is 0 Å². The fraction of sp³-hybridized carbons (Fsp3) is 0.462. The lowest BCUT2D eigenvalue weighted by Gasteiger charge is -2.12. The lowest BCUT2D eigenvalue weighted by Crippen LogP contribution is -2.09. The number of aromatic nitrogens is 2. The lowest BCUT2D eigenvalue weighted by molar-refractivity contribution is 0.102. The predicted octanol–water partition coefficient (Wildman–Crippen LogP) is 2.62. The van der Waals surface area contributed by atoms with E-state index in [-0.39, 0.29) is 11.9 Å². The first-order valence-electron chi connectivity index (χ1n) is 6.51. The van der Waals surface area contributed by atoms with Gasteiger partial charge in [0, 0.05) is 13.8 Å². The first-order valence-corrected chi connectivity index (χ1v) is 7.33. The number of rotatable bonds is 6. The van der Waals surface area contributed by atoms with Crippen LogP contribution in [-0.4, -0.2) is 22.0 Å². The van der Waals surface area contributed by atoms with Crippen molar-refractivity contribution < 1.29 is 14.1 Å². The van der Waals surface area contributed by atoms with E-state index >= 15 is 0 Å². The molecule has 0 bridgehead atoms. The fourth-order valence-corrected chi connectivity index (χ4v) is 2.68. The number of ketones is 1. The molecule has 0 saturated heterocycles. The molecule has 0 unspecified atom stereocenters. The van der Waals surface area contributed by atoms with Crippen molar-refractivity contribution in [3.8, 4) is 5.75 Å². The number of anilines is 2. The van der Waals surface area contributed by atoms with Crippen LogP contribution in [0.15, 0.2) is 4.52 Å². The summed E-state index contributed by atoms with van der Waals surface area (Å²) in [6.45, 7) is 7.37. The minimum absolute atomic E-state index is 0.0466. The second-order valence-corrected chi connectivity index (χ2v) is 5.83. The molecule has 0 aliphatic carbocycles. The monoisotopic (exact) mass is 310 g/mol. The van der Waals surface area contributed by atoms with Crippen LogP contribution in [0.1, 0.15) is 42.2 Å². The van der Waals surface area contributed by atoms with Crippen molar-refractivity contribution in [2.75, 3.05) is 11.1 Å². The average molecular weight is 310 g/mol. The Morgan fingerprint density at radius 1 is 1.52 bits per heavy atom. The Morgan fingerprint density at radius 3 is 2.76 bits per heavy atom. The topological polar surface area (TPSA) is 103 Å². The molecule has 114 valence electrons. The zero-order chi connectivity index (χ0) is 15.6. The highest BCUT2D eigenvalue weighted by atomic mass is 32.1. The van der Waals surface area contributed by atoms with Gasteiger partial charge < -0.3 is 20.3 Å². The molecule has 7 nitrogen and oxygen atoms in total. The Morgan fingerprint density at radius 2 is 2.24 bits per heavy atom. The van der Waals surface area contributed by atoms with E-state index in [1.165, 1.54) is 18.3 Å². The first kappa shape index (κ1) is 15.3. The molecule has 0 spiro atoms. The van der Waals surface area contributed by atoms with Crippen molar-refractivity contribution in [2.45, 2.75) is 40.3 Å². The van der Waals surface area contributed by atoms with Gasteiger partial charge in [0.1, 0.15) is 5.00 Å². The van der Waals surface area contributed by atoms with Gasteiger partial charge in [-0.15, -0.1) is 11.3 Å². The average Bonchev–Trinajstić information content (AvgIpc) is 2.93. The van der Waals surface area contributed by atoms with Gasteiger partial charge in [-0.25, -0.2) is 0 Å². The molecule has 0 atom stereocenters. The van der Waals surface area contributed by atoms with Crippen LogP contribution in [0.2, 0.25) is 0 Å². The quantitative estimate of drug-likeness (QED) is 0.790. The summed E-state index contributed by atoms with van der Waals surface area (Å²) in [7, 11) is 0. The number of thiophene rings is 1. The highest BCUT2D eigenvalue weighted by molar-refractivity contribution is 7.19. The molecule has 0 aromatic carbocycles. The molecule has 2 heterocycles. The molecular formula is C13H18N4O3S. The number of hydrogen-bond acceptors (Lipinski definition) is 8. The minimum atomic E-state index is -0.0884. The number of hydrogen-bond donors (Lipinski definition) is 2. The molecule has 2 aromatic rings. The summed E-state index contributed by atoms with van der Waals surface area (Å²) >= 11 is 1.27. The van der Waals surface area contributed by atoms with Crippen LogP contribution >= 0.6 is 11.3 Å². The van der Waals surface area contributed by atoms with E-state index in [4.69, 9.17) is 15.0 Å². The number of ether oxygens (including phenoxy) is 1. The number of nitrogen functional groups attached to an aromatic ring is 1. The fourth-order valence-electron chi connectivity index (χ4n) is 1.73. The van der Waals surface area contributed by atoms with Crippen LogP contribution in [0.4, 0.5) is 10.7 Å². The molecule has 0 aliphatic heterocycles. The molecule has 0 saturated carbocycles. The third kappa shape index (κ3) is 3.52. The summed E-state index contributed by atoms with van der Waals surface area (Å²) in [4.78, 5) is 16.2. The predicted molar refractivity (Wildman–Crippen MR) is 80.9 cm³/mol. The standard InChI is InChI=1S/C13H18N4O3S/c1-6(2)19-11-10(14)12(7(3)18)21-13(11)15-5-9-16-8(4)20-17-9/h6,15H,5,14H2,1-4H3. The minimum Gasteiger partial charge on any atom is -0.486 e. The molecule has 0 aliphatic rings. The molecule has 3 N–H and O–H groups in total. The Kier molecular flexibility index (Phi) is 4.46. The summed E-state index contributed by atoms with van der Waals surface area (Å²) in [5, 5.41) is 7.63. The number of carbonyl (C=O) groups is 1. The Bertz CT molecular complexity index is 648. The number of carbonyl (C=O) groups excluding carboxylic acids is 1. The van der Waals surface area contributed by atoms with Crippen LogP contribution in [0.25, 0.3) is 0 Å². The number of nitrogens with one attached hydrogen (secondary N) is 1. The van der Waals surface area contributed by atoms with E-state index in [0.29, 0.717) is 39.6 Å². The van der Waals surface area contributed by atoms with Crippen molar-refractivity contribution in [2.24, 2.45) is 0 Å². The van der Waals surface area contributed by atoms with Gasteiger partial charge in [0.05, 0.1) is 23.2 Å². The van der Waals surface area contributed by atoms with E-state index in [9.17, 15) is 4.79 Å². The van der Waals surface area contributed by atoms with Crippen molar-refractivity contribution >= 4 is 27.8 Å². The van der Waals surface area contributed by atoms with Crippen LogP contribution in [-0.2, 0) is 6.54 Å². The van der Waals surface area contributed by atoms with Gasteiger partial charge in [0.15, 0.2) is 17.4 Å². The molecule has 0 amide bonds. The van der Waals surface area contributed by atoms with Crippen molar-refractivity contribution in [3.05, 3.63) is 16.6 Å². The van der Waals surface area contributed by atoms with Crippen LogP contribution in [0, 0.1) is 6.92 Å². The smallest absolute Gasteiger partial charge is 0.223 e. The first-order chi connectivity index (χ1) is 9.88. The molecule has 21 heavy (non-hydrogen) atoms. The molecule has 2 aromatic heterocycles. The highest BCUT2D eigenvalue weighted by Gasteiger charge is 2.21. The van der Waals surface area contributed by atoms with Gasteiger partial charge in [0.2, 0.25) is 5.89 Å². The zero-order valence-corrected chi connectivity index (χ0v) is 13.2. The van der Waals surface area contributed by atoms with E-state index in [0.717, 1.165) is 0 Å². The van der Waals surface area contributed by atoms with Gasteiger partial charge in [-0.1, -0.05) is 5.16 Å². The molecule has 0 fully saturated rings. The third-order valence-corrected chi connectivity index (χ3v) is 3.79. The maximum atomic E-state index is 11.6. The molecule has 2 rings (SSSR count). The van der Waals surface area contributed by atoms with Gasteiger partial charge >= 0.3 is 0 Å². The van der Waals surface area contributed by atoms with E-state index in [1.54, 1.807) is 6.92 Å². The van der Waals surface area contributed by atoms with Crippen LogP contribution < -0.4 is 15.8 Å². The second kappa shape index (κ2) is 6.13. The number of nitrogens with zero attached hydrogens (tertiary/aromatic N) is 2. The molecule has 0 radical (unpaired) electrons. The number of nitrogens with two attached hydrogens (primary N) is 1. The lowest BCUT2D eigenvalue weighted by atomic mass is 10.3. The Balaban J connectivity index is 2.24. The van der Waals surface area contributed by atoms with Crippen molar-refractivity contribution in [1.82, 2.24) is 10.1 Å². The third-order valence-electron chi connectivity index (χ3n) is 2.55. The maximum Gasteiger partial charge on any atom is 0.223 e. The summed E-state index contributed by atoms with van der Waals surface area (Å²) in [5.74, 6) is 1.44. The molecular weight excluding hydrogens is 292 g/mol. The van der Waals surface area contributed by atoms with E-state index in [1.807, 2.05) is 13.8 Å². The van der Waals surface area contributed by atoms with Gasteiger partial charge in [0.25, 0.3) is 0 Å². The summed E-state index contributed by atoms with van der Waals surface area (Å²) in [6, 6.07) is 0. The normalized spacial score (nSPS) is 10.9. The largest absolute Gasteiger partial charge is 0.486 e. The SMILES string of the molecule is CC(=O)c1sc(NCc2noc(C)n2)c(OC(C)C)c1N. The number of Topliss-reactive ketones (excluding diaryl/α,β-unsaturated/α-hetero) is 1. The van der Waals surface area contributed by atoms with Crippen LogP contribution in [0.3, 0.4) is 0 Å².